The van der Waals surface area contributed by atoms with Gasteiger partial charge < -0.3 is 9.15 Å². The summed E-state index contributed by atoms with van der Waals surface area (Å²) in [5.74, 6) is -0.505. The van der Waals surface area contributed by atoms with Crippen molar-refractivity contribution in [2.24, 2.45) is 0 Å². The Morgan fingerprint density at radius 3 is 2.45 bits per heavy atom. The largest absolute Gasteiger partial charge is 0.481 e. The molecule has 0 amide bonds. The molecule has 0 atom stereocenters. The number of carbonyl (C=O) groups is 1. The predicted molar refractivity (Wildman–Crippen MR) is 106 cm³/mol. The van der Waals surface area contributed by atoms with Gasteiger partial charge in [-0.2, -0.15) is 0 Å². The van der Waals surface area contributed by atoms with E-state index >= 15 is 0 Å². The van der Waals surface area contributed by atoms with Crippen molar-refractivity contribution in [1.82, 2.24) is 4.72 Å². The van der Waals surface area contributed by atoms with Gasteiger partial charge in [-0.1, -0.05) is 48.5 Å². The summed E-state index contributed by atoms with van der Waals surface area (Å²) in [4.78, 5) is 23.9. The Morgan fingerprint density at radius 1 is 1.07 bits per heavy atom. The van der Waals surface area contributed by atoms with Gasteiger partial charge >= 0.3 is 0 Å². The molecule has 0 aliphatic heterocycles. The van der Waals surface area contributed by atoms with Crippen molar-refractivity contribution >= 4 is 16.3 Å². The van der Waals surface area contributed by atoms with Crippen molar-refractivity contribution < 1.29 is 22.4 Å². The first-order valence-electron chi connectivity index (χ1n) is 8.75. The number of rotatable bonds is 8. The Hall–Kier alpha value is -3.23. The number of benzene rings is 2. The molecule has 29 heavy (non-hydrogen) atoms. The zero-order valence-corrected chi connectivity index (χ0v) is 16.4. The van der Waals surface area contributed by atoms with Crippen LogP contribution < -0.4 is 14.9 Å². The van der Waals surface area contributed by atoms with Crippen molar-refractivity contribution in [2.75, 3.05) is 0 Å². The second-order valence-corrected chi connectivity index (χ2v) is 7.99. The first kappa shape index (κ1) is 20.5. The third-order valence-electron chi connectivity index (χ3n) is 4.13. The first-order chi connectivity index (χ1) is 13.9. The average molecular weight is 413 g/mol. The molecule has 0 spiro atoms. The molecule has 0 unspecified atom stereocenters. The molecule has 0 bridgehead atoms. The van der Waals surface area contributed by atoms with E-state index in [1.165, 1.54) is 6.07 Å². The lowest BCUT2D eigenvalue weighted by Crippen LogP contribution is -2.25. The van der Waals surface area contributed by atoms with Gasteiger partial charge in [0.15, 0.2) is 6.29 Å². The van der Waals surface area contributed by atoms with Gasteiger partial charge in [0.25, 0.3) is 0 Å². The van der Waals surface area contributed by atoms with E-state index in [-0.39, 0.29) is 35.3 Å². The highest BCUT2D eigenvalue weighted by Crippen LogP contribution is 2.17. The van der Waals surface area contributed by atoms with Crippen molar-refractivity contribution in [3.05, 3.63) is 93.5 Å². The Morgan fingerprint density at radius 2 is 1.76 bits per heavy atom. The van der Waals surface area contributed by atoms with E-state index in [1.807, 2.05) is 30.3 Å². The van der Waals surface area contributed by atoms with Gasteiger partial charge in [0.2, 0.25) is 27.0 Å². The first-order valence-corrected chi connectivity index (χ1v) is 10.2. The minimum absolute atomic E-state index is 0.00122. The fraction of sp³-hybridized carbons (Fsp3) is 0.143. The fourth-order valence-electron chi connectivity index (χ4n) is 2.69. The van der Waals surface area contributed by atoms with E-state index in [9.17, 15) is 18.0 Å². The number of carbonyl (C=O) groups excluding carboxylic acids is 1. The molecule has 0 radical (unpaired) electrons. The molecular formula is C21H19NO6S. The molecular weight excluding hydrogens is 394 g/mol. The van der Waals surface area contributed by atoms with Gasteiger partial charge in [-0.15, -0.1) is 0 Å². The van der Waals surface area contributed by atoms with Crippen LogP contribution in [0, 0.1) is 6.92 Å². The highest BCUT2D eigenvalue weighted by Gasteiger charge is 2.18. The number of aryl methyl sites for hydroxylation is 1. The van der Waals surface area contributed by atoms with Gasteiger partial charge in [-0.25, -0.2) is 13.1 Å². The van der Waals surface area contributed by atoms with Gasteiger partial charge in [0.05, 0.1) is 11.4 Å². The zero-order chi connectivity index (χ0) is 20.9. The number of sulfonamides is 1. The Labute approximate surface area is 168 Å². The summed E-state index contributed by atoms with van der Waals surface area (Å²) >= 11 is 0. The minimum atomic E-state index is -3.81. The van der Waals surface area contributed by atoms with E-state index in [4.69, 9.17) is 9.15 Å². The Kier molecular flexibility index (Phi) is 6.26. The molecule has 7 nitrogen and oxygen atoms in total. The van der Waals surface area contributed by atoms with Crippen molar-refractivity contribution in [2.45, 2.75) is 25.0 Å². The average Bonchev–Trinajstić information content (AvgIpc) is 2.72. The lowest BCUT2D eigenvalue weighted by molar-refractivity contribution is 0.108. The SMILES string of the molecule is Cc1ccccc1S(=O)(=O)NCc1cc(=O)c(OCc2ccccc2)c(C=O)o1. The molecule has 8 heteroatoms. The molecule has 3 aromatic rings. The summed E-state index contributed by atoms with van der Waals surface area (Å²) in [6, 6.07) is 16.7. The number of ether oxygens (including phenoxy) is 1. The third kappa shape index (κ3) is 4.98. The number of hydrogen-bond donors (Lipinski definition) is 1. The zero-order valence-electron chi connectivity index (χ0n) is 15.6. The normalized spacial score (nSPS) is 11.2. The summed E-state index contributed by atoms with van der Waals surface area (Å²) in [5, 5.41) is 0. The second kappa shape index (κ2) is 8.85. The molecule has 0 aliphatic carbocycles. The van der Waals surface area contributed by atoms with E-state index in [1.54, 1.807) is 25.1 Å². The topological polar surface area (TPSA) is 103 Å². The highest BCUT2D eigenvalue weighted by molar-refractivity contribution is 7.89. The Bertz CT molecular complexity index is 1170. The van der Waals surface area contributed by atoms with E-state index in [0.29, 0.717) is 11.8 Å². The third-order valence-corrected chi connectivity index (χ3v) is 5.69. The molecule has 0 aliphatic rings. The molecule has 2 aromatic carbocycles. The maximum atomic E-state index is 12.5. The molecule has 0 saturated heterocycles. The van der Waals surface area contributed by atoms with Crippen LogP contribution in [0.1, 0.15) is 27.4 Å². The summed E-state index contributed by atoms with van der Waals surface area (Å²) in [7, 11) is -3.81. The number of aldehydes is 1. The summed E-state index contributed by atoms with van der Waals surface area (Å²) in [6.07, 6.45) is 0.362. The molecule has 150 valence electrons. The smallest absolute Gasteiger partial charge is 0.241 e. The maximum absolute atomic E-state index is 12.5. The van der Waals surface area contributed by atoms with Crippen LogP contribution in [0.2, 0.25) is 0 Å². The van der Waals surface area contributed by atoms with Crippen LogP contribution in [0.3, 0.4) is 0 Å². The van der Waals surface area contributed by atoms with Crippen LogP contribution >= 0.6 is 0 Å². The molecule has 0 saturated carbocycles. The molecule has 1 heterocycles. The van der Waals surface area contributed by atoms with Gasteiger partial charge in [0.1, 0.15) is 12.4 Å². The van der Waals surface area contributed by atoms with Crippen LogP contribution in [0.25, 0.3) is 0 Å². The monoisotopic (exact) mass is 413 g/mol. The van der Waals surface area contributed by atoms with E-state index in [0.717, 1.165) is 11.6 Å². The molecule has 1 aromatic heterocycles. The number of nitrogens with one attached hydrogen (secondary N) is 1. The quantitative estimate of drug-likeness (QED) is 0.570. The van der Waals surface area contributed by atoms with E-state index in [2.05, 4.69) is 4.72 Å². The van der Waals surface area contributed by atoms with Gasteiger partial charge in [-0.05, 0) is 24.1 Å². The standard InChI is InChI=1S/C21H19NO6S/c1-15-7-5-6-10-20(15)29(25,26)22-12-17-11-18(24)21(19(13-23)28-17)27-14-16-8-3-2-4-9-16/h2-11,13,22H,12,14H2,1H3. The van der Waals surface area contributed by atoms with Crippen molar-refractivity contribution in [3.8, 4) is 5.75 Å². The van der Waals surface area contributed by atoms with Gasteiger partial charge in [-0.3, -0.25) is 9.59 Å². The molecule has 1 N–H and O–H groups in total. The Balaban J connectivity index is 1.77. The summed E-state index contributed by atoms with van der Waals surface area (Å²) in [5.41, 5.74) is 0.831. The van der Waals surface area contributed by atoms with Crippen molar-refractivity contribution in [3.63, 3.8) is 0 Å². The summed E-state index contributed by atoms with van der Waals surface area (Å²) < 4.78 is 38.1. The minimum Gasteiger partial charge on any atom is -0.481 e. The van der Waals surface area contributed by atoms with Crippen LogP contribution in [-0.4, -0.2) is 14.7 Å². The molecule has 0 fully saturated rings. The maximum Gasteiger partial charge on any atom is 0.241 e. The summed E-state index contributed by atoms with van der Waals surface area (Å²) in [6.45, 7) is 1.48. The van der Waals surface area contributed by atoms with Crippen LogP contribution in [0.15, 0.2) is 74.8 Å². The van der Waals surface area contributed by atoms with E-state index < -0.39 is 15.5 Å². The lowest BCUT2D eigenvalue weighted by atomic mass is 10.2. The fourth-order valence-corrected chi connectivity index (χ4v) is 3.93. The van der Waals surface area contributed by atoms with Crippen LogP contribution in [0.5, 0.6) is 5.75 Å². The predicted octanol–water partition coefficient (Wildman–Crippen LogP) is 2.82. The van der Waals surface area contributed by atoms with Crippen molar-refractivity contribution in [1.29, 1.82) is 0 Å². The number of hydrogen-bond acceptors (Lipinski definition) is 6. The van der Waals surface area contributed by atoms with Crippen LogP contribution in [-0.2, 0) is 23.2 Å². The lowest BCUT2D eigenvalue weighted by Gasteiger charge is -2.11. The highest BCUT2D eigenvalue weighted by atomic mass is 32.2. The molecule has 3 rings (SSSR count). The van der Waals surface area contributed by atoms with Gasteiger partial charge in [0, 0.05) is 6.07 Å². The second-order valence-electron chi connectivity index (χ2n) is 6.25. The van der Waals surface area contributed by atoms with Crippen LogP contribution in [0.4, 0.5) is 0 Å².